The average Bonchev–Trinajstić information content (AvgIpc) is 2.92. The Hall–Kier alpha value is -1.17. The van der Waals surface area contributed by atoms with E-state index in [0.717, 1.165) is 41.0 Å². The summed E-state index contributed by atoms with van der Waals surface area (Å²) in [6, 6.07) is 4.06. The van der Waals surface area contributed by atoms with Crippen LogP contribution in [0.2, 0.25) is 5.02 Å². The molecular weight excluding hydrogens is 306 g/mol. The minimum Gasteiger partial charge on any atom is -0.336 e. The first-order valence-electron chi connectivity index (χ1n) is 7.06. The van der Waals surface area contributed by atoms with Gasteiger partial charge in [-0.15, -0.1) is 11.3 Å². The van der Waals surface area contributed by atoms with Gasteiger partial charge in [-0.2, -0.15) is 0 Å². The lowest BCUT2D eigenvalue weighted by molar-refractivity contribution is 0.0640. The minimum absolute atomic E-state index is 0.0978. The van der Waals surface area contributed by atoms with Gasteiger partial charge in [-0.25, -0.2) is 0 Å². The summed E-state index contributed by atoms with van der Waals surface area (Å²) in [6.07, 6.45) is 3.88. The molecule has 1 unspecified atom stereocenters. The number of likely N-dealkylation sites (tertiary alicyclic amines) is 1. The number of carbonyl (C=O) groups excluding carboxylic acids is 1. The van der Waals surface area contributed by atoms with Gasteiger partial charge in [0.15, 0.2) is 0 Å². The summed E-state index contributed by atoms with van der Waals surface area (Å²) in [5, 5.41) is 0.661. The molecule has 0 saturated carbocycles. The molecule has 0 radical (unpaired) electrons. The van der Waals surface area contributed by atoms with Crippen LogP contribution in [0.15, 0.2) is 18.3 Å². The minimum atomic E-state index is 0.0978. The second-order valence-corrected chi connectivity index (χ2v) is 7.09. The van der Waals surface area contributed by atoms with E-state index < -0.39 is 0 Å². The number of nitrogens with zero attached hydrogens (tertiary/aromatic N) is 3. The third kappa shape index (κ3) is 2.91. The molecule has 0 N–H and O–H groups in total. The second kappa shape index (κ2) is 5.91. The Balaban J connectivity index is 1.84. The van der Waals surface area contributed by atoms with Crippen molar-refractivity contribution < 1.29 is 4.79 Å². The van der Waals surface area contributed by atoms with Crippen LogP contribution >= 0.6 is 22.9 Å². The summed E-state index contributed by atoms with van der Waals surface area (Å²) in [4.78, 5) is 21.9. The Morgan fingerprint density at radius 2 is 2.33 bits per heavy atom. The summed E-state index contributed by atoms with van der Waals surface area (Å²) in [5.74, 6) is 0.0978. The maximum atomic E-state index is 12.7. The molecule has 0 bridgehead atoms. The molecule has 6 heteroatoms. The molecule has 1 saturated heterocycles. The lowest BCUT2D eigenvalue weighted by atomic mass is 10.0. The van der Waals surface area contributed by atoms with E-state index in [-0.39, 0.29) is 5.91 Å². The Bertz CT molecular complexity index is 670. The van der Waals surface area contributed by atoms with Gasteiger partial charge < -0.3 is 9.80 Å². The van der Waals surface area contributed by atoms with Gasteiger partial charge in [0.05, 0.1) is 20.1 Å². The van der Waals surface area contributed by atoms with Crippen LogP contribution in [0.25, 0.3) is 10.2 Å². The van der Waals surface area contributed by atoms with Gasteiger partial charge in [-0.3, -0.25) is 9.78 Å². The number of carbonyl (C=O) groups is 1. The fourth-order valence-corrected chi connectivity index (χ4v) is 3.99. The molecule has 0 aromatic carbocycles. The molecular formula is C15H18ClN3OS. The molecule has 1 aliphatic heterocycles. The van der Waals surface area contributed by atoms with E-state index in [0.29, 0.717) is 11.1 Å². The van der Waals surface area contributed by atoms with Crippen molar-refractivity contribution in [2.45, 2.75) is 18.9 Å². The van der Waals surface area contributed by atoms with Gasteiger partial charge in [0, 0.05) is 25.3 Å². The van der Waals surface area contributed by atoms with Crippen molar-refractivity contribution in [2.24, 2.45) is 0 Å². The summed E-state index contributed by atoms with van der Waals surface area (Å²) in [7, 11) is 4.14. The van der Waals surface area contributed by atoms with E-state index in [2.05, 4.69) is 24.0 Å². The smallest absolute Gasteiger partial charge is 0.264 e. The van der Waals surface area contributed by atoms with Gasteiger partial charge >= 0.3 is 0 Å². The number of rotatable bonds is 2. The summed E-state index contributed by atoms with van der Waals surface area (Å²) < 4.78 is 0.892. The molecule has 2 aromatic rings. The molecule has 1 aliphatic rings. The number of thiophene rings is 1. The van der Waals surface area contributed by atoms with E-state index in [1.807, 2.05) is 11.0 Å². The number of likely N-dealkylation sites (N-methyl/N-ethyl adjacent to an activating group) is 1. The zero-order chi connectivity index (χ0) is 15.0. The van der Waals surface area contributed by atoms with Crippen LogP contribution < -0.4 is 0 Å². The van der Waals surface area contributed by atoms with E-state index in [4.69, 9.17) is 11.6 Å². The van der Waals surface area contributed by atoms with Crippen LogP contribution in [0.1, 0.15) is 22.5 Å². The number of halogens is 1. The van der Waals surface area contributed by atoms with Crippen molar-refractivity contribution in [3.05, 3.63) is 28.2 Å². The monoisotopic (exact) mass is 323 g/mol. The molecule has 21 heavy (non-hydrogen) atoms. The molecule has 1 amide bonds. The van der Waals surface area contributed by atoms with Gasteiger partial charge in [0.1, 0.15) is 0 Å². The fourth-order valence-electron chi connectivity index (χ4n) is 2.73. The lowest BCUT2D eigenvalue weighted by Crippen LogP contribution is -2.47. The highest BCUT2D eigenvalue weighted by molar-refractivity contribution is 7.21. The number of amides is 1. The van der Waals surface area contributed by atoms with E-state index >= 15 is 0 Å². The van der Waals surface area contributed by atoms with Crippen LogP contribution in [-0.4, -0.2) is 53.9 Å². The summed E-state index contributed by atoms with van der Waals surface area (Å²) >= 11 is 7.60. The molecule has 4 nitrogen and oxygen atoms in total. The average molecular weight is 324 g/mol. The first-order chi connectivity index (χ1) is 10.1. The molecule has 1 atom stereocenters. The zero-order valence-corrected chi connectivity index (χ0v) is 13.7. The molecule has 0 spiro atoms. The number of piperidine rings is 1. The number of aromatic nitrogens is 1. The Labute approximate surface area is 133 Å². The third-order valence-electron chi connectivity index (χ3n) is 3.99. The first kappa shape index (κ1) is 14.8. The Kier molecular flexibility index (Phi) is 4.15. The van der Waals surface area contributed by atoms with Crippen molar-refractivity contribution >= 4 is 39.1 Å². The number of hydrogen-bond acceptors (Lipinski definition) is 4. The molecule has 0 aliphatic carbocycles. The highest BCUT2D eigenvalue weighted by Gasteiger charge is 2.26. The normalized spacial score (nSPS) is 19.4. The predicted molar refractivity (Wildman–Crippen MR) is 87.2 cm³/mol. The molecule has 1 fully saturated rings. The largest absolute Gasteiger partial charge is 0.336 e. The quantitative estimate of drug-likeness (QED) is 0.852. The summed E-state index contributed by atoms with van der Waals surface area (Å²) in [6.45, 7) is 1.62. The maximum Gasteiger partial charge on any atom is 0.264 e. The van der Waals surface area contributed by atoms with Crippen LogP contribution in [0.3, 0.4) is 0 Å². The van der Waals surface area contributed by atoms with Crippen LogP contribution in [0.5, 0.6) is 0 Å². The van der Waals surface area contributed by atoms with Crippen molar-refractivity contribution in [3.8, 4) is 0 Å². The highest BCUT2D eigenvalue weighted by Crippen LogP contribution is 2.31. The van der Waals surface area contributed by atoms with Crippen LogP contribution in [0.4, 0.5) is 0 Å². The Morgan fingerprint density at radius 3 is 3.05 bits per heavy atom. The van der Waals surface area contributed by atoms with Crippen molar-refractivity contribution in [2.75, 3.05) is 27.2 Å². The first-order valence-corrected chi connectivity index (χ1v) is 8.25. The zero-order valence-electron chi connectivity index (χ0n) is 12.2. The van der Waals surface area contributed by atoms with Crippen molar-refractivity contribution in [1.82, 2.24) is 14.8 Å². The summed E-state index contributed by atoms with van der Waals surface area (Å²) in [5.41, 5.74) is 0.803. The lowest BCUT2D eigenvalue weighted by Gasteiger charge is -2.35. The van der Waals surface area contributed by atoms with Gasteiger partial charge in [-0.1, -0.05) is 11.6 Å². The van der Waals surface area contributed by atoms with E-state index in [1.54, 1.807) is 12.3 Å². The fraction of sp³-hybridized carbons (Fsp3) is 0.467. The maximum absolute atomic E-state index is 12.7. The molecule has 2 aromatic heterocycles. The topological polar surface area (TPSA) is 36.4 Å². The SMILES string of the molecule is CN(C)C1CCCN(C(=O)c2cc3nccc(Cl)c3s2)C1. The van der Waals surface area contributed by atoms with Gasteiger partial charge in [-0.05, 0) is 39.1 Å². The van der Waals surface area contributed by atoms with Gasteiger partial charge in [0.25, 0.3) is 5.91 Å². The van der Waals surface area contributed by atoms with Crippen LogP contribution in [-0.2, 0) is 0 Å². The molecule has 112 valence electrons. The molecule has 3 heterocycles. The molecule has 3 rings (SSSR count). The van der Waals surface area contributed by atoms with E-state index in [9.17, 15) is 4.79 Å². The van der Waals surface area contributed by atoms with Gasteiger partial charge in [0.2, 0.25) is 0 Å². The van der Waals surface area contributed by atoms with Crippen molar-refractivity contribution in [1.29, 1.82) is 0 Å². The standard InChI is InChI=1S/C15H18ClN3OS/c1-18(2)10-4-3-7-19(9-10)15(20)13-8-12-14(21-13)11(16)5-6-17-12/h5-6,8,10H,3-4,7,9H2,1-2H3. The highest BCUT2D eigenvalue weighted by atomic mass is 35.5. The van der Waals surface area contributed by atoms with Crippen LogP contribution in [0, 0.1) is 0 Å². The van der Waals surface area contributed by atoms with Crippen molar-refractivity contribution in [3.63, 3.8) is 0 Å². The second-order valence-electron chi connectivity index (χ2n) is 5.63. The van der Waals surface area contributed by atoms with E-state index in [1.165, 1.54) is 11.3 Å². The number of fused-ring (bicyclic) bond motifs is 1. The Morgan fingerprint density at radius 1 is 1.52 bits per heavy atom. The predicted octanol–water partition coefficient (Wildman–Crippen LogP) is 3.12. The number of pyridine rings is 1. The third-order valence-corrected chi connectivity index (χ3v) is 5.56. The number of hydrogen-bond donors (Lipinski definition) is 0.